The molecule has 0 aliphatic carbocycles. The SMILES string of the molecule is COCCCCNCc1ccncn1. The van der Waals surface area contributed by atoms with E-state index in [9.17, 15) is 0 Å². The number of nitrogens with one attached hydrogen (secondary N) is 1. The minimum absolute atomic E-state index is 0.815. The van der Waals surface area contributed by atoms with Crippen LogP contribution in [0.3, 0.4) is 0 Å². The molecule has 0 saturated heterocycles. The van der Waals surface area contributed by atoms with Gasteiger partial charge in [0, 0.05) is 26.5 Å². The highest BCUT2D eigenvalue weighted by atomic mass is 16.5. The van der Waals surface area contributed by atoms with Gasteiger partial charge in [-0.1, -0.05) is 0 Å². The molecule has 1 heterocycles. The third-order valence-electron chi connectivity index (χ3n) is 1.90. The van der Waals surface area contributed by atoms with Crippen LogP contribution in [0.4, 0.5) is 0 Å². The van der Waals surface area contributed by atoms with Gasteiger partial charge >= 0.3 is 0 Å². The number of methoxy groups -OCH3 is 1. The molecule has 1 aromatic heterocycles. The average molecular weight is 195 g/mol. The summed E-state index contributed by atoms with van der Waals surface area (Å²) in [7, 11) is 1.73. The molecule has 0 atom stereocenters. The molecule has 78 valence electrons. The Morgan fingerprint density at radius 3 is 3.07 bits per heavy atom. The van der Waals surface area contributed by atoms with Gasteiger partial charge in [-0.3, -0.25) is 0 Å². The molecular formula is C10H17N3O. The molecule has 0 amide bonds. The van der Waals surface area contributed by atoms with Crippen LogP contribution in [0.25, 0.3) is 0 Å². The summed E-state index contributed by atoms with van der Waals surface area (Å²) in [6, 6.07) is 1.92. The van der Waals surface area contributed by atoms with Crippen molar-refractivity contribution in [3.63, 3.8) is 0 Å². The molecule has 1 N–H and O–H groups in total. The molecule has 0 aromatic carbocycles. The van der Waals surface area contributed by atoms with E-state index in [1.807, 2.05) is 6.07 Å². The highest BCUT2D eigenvalue weighted by Crippen LogP contribution is 1.91. The summed E-state index contributed by atoms with van der Waals surface area (Å²) in [5.41, 5.74) is 1.03. The van der Waals surface area contributed by atoms with Gasteiger partial charge in [0.1, 0.15) is 6.33 Å². The van der Waals surface area contributed by atoms with Gasteiger partial charge in [0.25, 0.3) is 0 Å². The largest absolute Gasteiger partial charge is 0.385 e. The van der Waals surface area contributed by atoms with Crippen molar-refractivity contribution in [3.05, 3.63) is 24.3 Å². The van der Waals surface area contributed by atoms with E-state index in [4.69, 9.17) is 4.74 Å². The van der Waals surface area contributed by atoms with Crippen molar-refractivity contribution in [2.24, 2.45) is 0 Å². The Balaban J connectivity index is 1.99. The van der Waals surface area contributed by atoms with Gasteiger partial charge < -0.3 is 10.1 Å². The van der Waals surface area contributed by atoms with Gasteiger partial charge in [0.05, 0.1) is 5.69 Å². The maximum atomic E-state index is 4.96. The molecule has 0 unspecified atom stereocenters. The first kappa shape index (κ1) is 11.1. The van der Waals surface area contributed by atoms with Gasteiger partial charge in [0.2, 0.25) is 0 Å². The molecule has 0 saturated carbocycles. The highest BCUT2D eigenvalue weighted by molar-refractivity contribution is 4.96. The number of hydrogen-bond donors (Lipinski definition) is 1. The first-order valence-corrected chi connectivity index (χ1v) is 4.88. The van der Waals surface area contributed by atoms with Crippen molar-refractivity contribution < 1.29 is 4.74 Å². The van der Waals surface area contributed by atoms with Crippen molar-refractivity contribution in [3.8, 4) is 0 Å². The number of aromatic nitrogens is 2. The lowest BCUT2D eigenvalue weighted by Crippen LogP contribution is -2.15. The van der Waals surface area contributed by atoms with E-state index in [1.54, 1.807) is 19.6 Å². The Morgan fingerprint density at radius 2 is 2.36 bits per heavy atom. The minimum atomic E-state index is 0.815. The maximum Gasteiger partial charge on any atom is 0.115 e. The lowest BCUT2D eigenvalue weighted by Gasteiger charge is -2.03. The van der Waals surface area contributed by atoms with E-state index in [2.05, 4.69) is 15.3 Å². The van der Waals surface area contributed by atoms with Crippen LogP contribution in [0.2, 0.25) is 0 Å². The fourth-order valence-electron chi connectivity index (χ4n) is 1.14. The topological polar surface area (TPSA) is 47.0 Å². The molecule has 0 fully saturated rings. The Kier molecular flexibility index (Phi) is 5.86. The molecule has 0 spiro atoms. The van der Waals surface area contributed by atoms with Crippen LogP contribution in [0.1, 0.15) is 18.5 Å². The highest BCUT2D eigenvalue weighted by Gasteiger charge is 1.92. The molecule has 0 aliphatic heterocycles. The second kappa shape index (κ2) is 7.41. The second-order valence-electron chi connectivity index (χ2n) is 3.08. The summed E-state index contributed by atoms with van der Waals surface area (Å²) in [4.78, 5) is 7.97. The molecule has 0 bridgehead atoms. The molecule has 4 heteroatoms. The summed E-state index contributed by atoms with van der Waals surface area (Å²) in [6.45, 7) is 2.66. The third-order valence-corrected chi connectivity index (χ3v) is 1.90. The Morgan fingerprint density at radius 1 is 1.43 bits per heavy atom. The van der Waals surface area contributed by atoms with Gasteiger partial charge in [-0.25, -0.2) is 9.97 Å². The number of rotatable bonds is 7. The average Bonchev–Trinajstić information content (AvgIpc) is 2.25. The summed E-state index contributed by atoms with van der Waals surface area (Å²) < 4.78 is 4.96. The molecule has 4 nitrogen and oxygen atoms in total. The van der Waals surface area contributed by atoms with Gasteiger partial charge in [-0.15, -0.1) is 0 Å². The molecule has 14 heavy (non-hydrogen) atoms. The van der Waals surface area contributed by atoms with E-state index in [0.717, 1.165) is 38.2 Å². The zero-order valence-corrected chi connectivity index (χ0v) is 8.57. The fraction of sp³-hybridized carbons (Fsp3) is 0.600. The van der Waals surface area contributed by atoms with Crippen LogP contribution >= 0.6 is 0 Å². The summed E-state index contributed by atoms with van der Waals surface area (Å²) >= 11 is 0. The first-order chi connectivity index (χ1) is 6.93. The second-order valence-corrected chi connectivity index (χ2v) is 3.08. The molecule has 0 radical (unpaired) electrons. The number of unbranched alkanes of at least 4 members (excludes halogenated alkanes) is 1. The maximum absolute atomic E-state index is 4.96. The normalized spacial score (nSPS) is 10.4. The lowest BCUT2D eigenvalue weighted by molar-refractivity contribution is 0.192. The Bertz CT molecular complexity index is 228. The Labute approximate surface area is 84.7 Å². The van der Waals surface area contributed by atoms with Crippen LogP contribution in [0.15, 0.2) is 18.6 Å². The standard InChI is InChI=1S/C10H17N3O/c1-14-7-3-2-5-11-8-10-4-6-12-9-13-10/h4,6,9,11H,2-3,5,7-8H2,1H3. The van der Waals surface area contributed by atoms with Crippen LogP contribution < -0.4 is 5.32 Å². The van der Waals surface area contributed by atoms with Gasteiger partial charge in [-0.05, 0) is 25.5 Å². The summed E-state index contributed by atoms with van der Waals surface area (Å²) in [6.07, 6.45) is 5.57. The molecule has 0 aliphatic rings. The predicted molar refractivity (Wildman–Crippen MR) is 54.8 cm³/mol. The van der Waals surface area contributed by atoms with Crippen molar-refractivity contribution in [1.82, 2.24) is 15.3 Å². The van der Waals surface area contributed by atoms with Crippen molar-refractivity contribution in [1.29, 1.82) is 0 Å². The smallest absolute Gasteiger partial charge is 0.115 e. The van der Waals surface area contributed by atoms with Crippen molar-refractivity contribution in [2.75, 3.05) is 20.3 Å². The van der Waals surface area contributed by atoms with E-state index < -0.39 is 0 Å². The number of hydrogen-bond acceptors (Lipinski definition) is 4. The summed E-state index contributed by atoms with van der Waals surface area (Å²) in [5, 5.41) is 3.31. The van der Waals surface area contributed by atoms with Crippen LogP contribution in [-0.4, -0.2) is 30.2 Å². The van der Waals surface area contributed by atoms with Gasteiger partial charge in [0.15, 0.2) is 0 Å². The van der Waals surface area contributed by atoms with Gasteiger partial charge in [-0.2, -0.15) is 0 Å². The van der Waals surface area contributed by atoms with Crippen LogP contribution in [-0.2, 0) is 11.3 Å². The monoisotopic (exact) mass is 195 g/mol. The first-order valence-electron chi connectivity index (χ1n) is 4.88. The lowest BCUT2D eigenvalue weighted by atomic mass is 10.3. The van der Waals surface area contributed by atoms with E-state index >= 15 is 0 Å². The number of ether oxygens (including phenoxy) is 1. The van der Waals surface area contributed by atoms with Crippen molar-refractivity contribution in [2.45, 2.75) is 19.4 Å². The third kappa shape index (κ3) is 4.89. The number of nitrogens with zero attached hydrogens (tertiary/aromatic N) is 2. The Hall–Kier alpha value is -1.00. The van der Waals surface area contributed by atoms with E-state index in [0.29, 0.717) is 0 Å². The predicted octanol–water partition coefficient (Wildman–Crippen LogP) is 0.993. The van der Waals surface area contributed by atoms with Crippen molar-refractivity contribution >= 4 is 0 Å². The summed E-state index contributed by atoms with van der Waals surface area (Å²) in [5.74, 6) is 0. The fourth-order valence-corrected chi connectivity index (χ4v) is 1.14. The van der Waals surface area contributed by atoms with E-state index in [-0.39, 0.29) is 0 Å². The molecule has 1 aromatic rings. The van der Waals surface area contributed by atoms with Crippen LogP contribution in [0, 0.1) is 0 Å². The molecular weight excluding hydrogens is 178 g/mol. The van der Waals surface area contributed by atoms with Crippen LogP contribution in [0.5, 0.6) is 0 Å². The minimum Gasteiger partial charge on any atom is -0.385 e. The zero-order chi connectivity index (χ0) is 10.1. The molecule has 1 rings (SSSR count). The quantitative estimate of drug-likeness (QED) is 0.659. The zero-order valence-electron chi connectivity index (χ0n) is 8.57. The van der Waals surface area contributed by atoms with E-state index in [1.165, 1.54) is 0 Å².